The molecule has 0 fully saturated rings. The van der Waals surface area contributed by atoms with Crippen molar-refractivity contribution in [3.05, 3.63) is 55.1 Å². The highest BCUT2D eigenvalue weighted by molar-refractivity contribution is 14.1. The van der Waals surface area contributed by atoms with Crippen LogP contribution < -0.4 is 5.32 Å². The number of hydrogen-bond acceptors (Lipinski definition) is 4. The third kappa shape index (κ3) is 3.43. The predicted molar refractivity (Wildman–Crippen MR) is 99.8 cm³/mol. The van der Waals surface area contributed by atoms with Gasteiger partial charge in [-0.3, -0.25) is 5.10 Å². The third-order valence-electron chi connectivity index (χ3n) is 3.21. The first-order valence-electron chi connectivity index (χ1n) is 6.53. The van der Waals surface area contributed by atoms with Crippen LogP contribution in [-0.2, 0) is 0 Å². The molecule has 0 amide bonds. The van der Waals surface area contributed by atoms with Gasteiger partial charge in [0.25, 0.3) is 0 Å². The number of H-pyrrole nitrogens is 1. The number of rotatable bonds is 3. The van der Waals surface area contributed by atoms with Crippen molar-refractivity contribution in [1.29, 1.82) is 0 Å². The molecule has 3 aromatic rings. The second-order valence-electron chi connectivity index (χ2n) is 4.79. The molecule has 2 N–H and O–H groups in total. The maximum Gasteiger partial charge on any atom is 0.182 e. The Balaban J connectivity index is 2.13. The van der Waals surface area contributed by atoms with E-state index in [1.165, 1.54) is 17.4 Å². The first kappa shape index (κ1) is 16.5. The number of benzene rings is 2. The fraction of sp³-hybridized carbons (Fsp3) is 0.0667. The second kappa shape index (κ2) is 6.62. The van der Waals surface area contributed by atoms with Crippen LogP contribution in [0.2, 0.25) is 0 Å². The zero-order valence-corrected chi connectivity index (χ0v) is 15.6. The molecular formula is C15H10F2IN3S2. The maximum absolute atomic E-state index is 14.4. The lowest BCUT2D eigenvalue weighted by atomic mass is 10.1. The normalized spacial score (nSPS) is 10.8. The standard InChI is InChI=1S/C15H10F2IN3S2/c1-7-6-8(18)2-5-11(7)19-13-9(3-4-10(16)12(13)17)14-20-21-15(22)23-14/h2-6,19H,1H3,(H,21,22). The average molecular weight is 461 g/mol. The van der Waals surface area contributed by atoms with Gasteiger partial charge in [0, 0.05) is 14.8 Å². The highest BCUT2D eigenvalue weighted by Gasteiger charge is 2.18. The molecule has 118 valence electrons. The van der Waals surface area contributed by atoms with Crippen LogP contribution in [0.4, 0.5) is 20.2 Å². The molecule has 0 atom stereocenters. The minimum atomic E-state index is -0.943. The Morgan fingerprint density at radius 1 is 1.26 bits per heavy atom. The summed E-state index contributed by atoms with van der Waals surface area (Å²) in [6.07, 6.45) is 0. The monoisotopic (exact) mass is 461 g/mol. The number of aryl methyl sites for hydroxylation is 1. The van der Waals surface area contributed by atoms with E-state index in [1.54, 1.807) is 0 Å². The lowest BCUT2D eigenvalue weighted by molar-refractivity contribution is 0.512. The fourth-order valence-corrected chi connectivity index (χ4v) is 3.67. The number of aromatic nitrogens is 2. The molecule has 0 aliphatic carbocycles. The maximum atomic E-state index is 14.4. The van der Waals surface area contributed by atoms with Gasteiger partial charge >= 0.3 is 0 Å². The van der Waals surface area contributed by atoms with Crippen molar-refractivity contribution in [3.8, 4) is 10.6 Å². The van der Waals surface area contributed by atoms with E-state index < -0.39 is 11.6 Å². The van der Waals surface area contributed by atoms with E-state index in [-0.39, 0.29) is 5.69 Å². The topological polar surface area (TPSA) is 40.7 Å². The van der Waals surface area contributed by atoms with Gasteiger partial charge in [0.2, 0.25) is 0 Å². The first-order valence-corrected chi connectivity index (χ1v) is 8.83. The minimum Gasteiger partial charge on any atom is -0.352 e. The van der Waals surface area contributed by atoms with Crippen molar-refractivity contribution >= 4 is 57.5 Å². The van der Waals surface area contributed by atoms with Crippen LogP contribution in [0, 0.1) is 26.1 Å². The lowest BCUT2D eigenvalue weighted by Gasteiger charge is -2.14. The van der Waals surface area contributed by atoms with Gasteiger partial charge in [-0.25, -0.2) is 8.78 Å². The molecule has 3 rings (SSSR count). The summed E-state index contributed by atoms with van der Waals surface area (Å²) in [5, 5.41) is 10.2. The summed E-state index contributed by atoms with van der Waals surface area (Å²) in [6.45, 7) is 1.90. The van der Waals surface area contributed by atoms with Gasteiger partial charge in [-0.05, 0) is 77.6 Å². The van der Waals surface area contributed by atoms with Crippen LogP contribution in [0.25, 0.3) is 10.6 Å². The van der Waals surface area contributed by atoms with Gasteiger partial charge in [0.1, 0.15) is 5.01 Å². The van der Waals surface area contributed by atoms with Crippen LogP contribution in [0.3, 0.4) is 0 Å². The molecule has 0 bridgehead atoms. The highest BCUT2D eigenvalue weighted by atomic mass is 127. The molecule has 0 unspecified atom stereocenters. The van der Waals surface area contributed by atoms with Crippen LogP contribution in [0.5, 0.6) is 0 Å². The smallest absolute Gasteiger partial charge is 0.182 e. The molecule has 3 nitrogen and oxygen atoms in total. The third-order valence-corrected chi connectivity index (χ3v) is 5.00. The Labute approximate surface area is 153 Å². The van der Waals surface area contributed by atoms with E-state index in [4.69, 9.17) is 12.2 Å². The van der Waals surface area contributed by atoms with Gasteiger partial charge in [0.05, 0.1) is 5.69 Å². The van der Waals surface area contributed by atoms with Crippen LogP contribution in [0.15, 0.2) is 30.3 Å². The Bertz CT molecular complexity index is 937. The SMILES string of the molecule is Cc1cc(I)ccc1Nc1c(-c2n[nH]c(=S)s2)ccc(F)c1F. The average Bonchev–Trinajstić information content (AvgIpc) is 2.93. The molecule has 8 heteroatoms. The summed E-state index contributed by atoms with van der Waals surface area (Å²) < 4.78 is 29.6. The second-order valence-corrected chi connectivity index (χ2v) is 7.70. The van der Waals surface area contributed by atoms with Crippen molar-refractivity contribution in [2.24, 2.45) is 0 Å². The Morgan fingerprint density at radius 3 is 2.70 bits per heavy atom. The zero-order valence-electron chi connectivity index (χ0n) is 11.8. The van der Waals surface area contributed by atoms with E-state index in [2.05, 4.69) is 38.1 Å². The van der Waals surface area contributed by atoms with Gasteiger partial charge in [-0.1, -0.05) is 11.3 Å². The van der Waals surface area contributed by atoms with Crippen molar-refractivity contribution in [1.82, 2.24) is 10.2 Å². The van der Waals surface area contributed by atoms with E-state index in [0.717, 1.165) is 15.2 Å². The molecular weight excluding hydrogens is 451 g/mol. The molecule has 0 spiro atoms. The fourth-order valence-electron chi connectivity index (χ4n) is 2.10. The largest absolute Gasteiger partial charge is 0.352 e. The zero-order chi connectivity index (χ0) is 16.6. The van der Waals surface area contributed by atoms with Gasteiger partial charge in [-0.15, -0.1) is 0 Å². The number of halogens is 3. The van der Waals surface area contributed by atoms with E-state index in [0.29, 0.717) is 20.2 Å². The van der Waals surface area contributed by atoms with Gasteiger partial charge in [-0.2, -0.15) is 5.10 Å². The molecule has 0 radical (unpaired) electrons. The van der Waals surface area contributed by atoms with Crippen LogP contribution in [0.1, 0.15) is 5.56 Å². The van der Waals surface area contributed by atoms with Gasteiger partial charge < -0.3 is 5.32 Å². The van der Waals surface area contributed by atoms with Gasteiger partial charge in [0.15, 0.2) is 15.6 Å². The summed E-state index contributed by atoms with van der Waals surface area (Å²) in [5.41, 5.74) is 2.14. The molecule has 0 aliphatic heterocycles. The van der Waals surface area contributed by atoms with Crippen LogP contribution in [-0.4, -0.2) is 10.2 Å². The van der Waals surface area contributed by atoms with Crippen LogP contribution >= 0.6 is 46.1 Å². The molecule has 2 aromatic carbocycles. The summed E-state index contributed by atoms with van der Waals surface area (Å²) >= 11 is 8.41. The lowest BCUT2D eigenvalue weighted by Crippen LogP contribution is -2.01. The summed E-state index contributed by atoms with van der Waals surface area (Å²) in [6, 6.07) is 8.26. The molecule has 1 heterocycles. The number of nitrogens with one attached hydrogen (secondary N) is 2. The summed E-state index contributed by atoms with van der Waals surface area (Å²) in [5.74, 6) is -1.86. The summed E-state index contributed by atoms with van der Waals surface area (Å²) in [7, 11) is 0. The molecule has 1 aromatic heterocycles. The van der Waals surface area contributed by atoms with Crippen molar-refractivity contribution in [3.63, 3.8) is 0 Å². The van der Waals surface area contributed by atoms with E-state index >= 15 is 0 Å². The number of aromatic amines is 1. The molecule has 0 aliphatic rings. The van der Waals surface area contributed by atoms with Crippen molar-refractivity contribution < 1.29 is 8.78 Å². The molecule has 23 heavy (non-hydrogen) atoms. The number of anilines is 2. The minimum absolute atomic E-state index is 0.0482. The summed E-state index contributed by atoms with van der Waals surface area (Å²) in [4.78, 5) is 0. The van der Waals surface area contributed by atoms with Crippen molar-refractivity contribution in [2.45, 2.75) is 6.92 Å². The van der Waals surface area contributed by atoms with Crippen molar-refractivity contribution in [2.75, 3.05) is 5.32 Å². The highest BCUT2D eigenvalue weighted by Crippen LogP contribution is 2.35. The van der Waals surface area contributed by atoms with E-state index in [1.807, 2.05) is 25.1 Å². The number of hydrogen-bond donors (Lipinski definition) is 2. The molecule has 0 saturated carbocycles. The van der Waals surface area contributed by atoms with E-state index in [9.17, 15) is 8.78 Å². The molecule has 0 saturated heterocycles. The predicted octanol–water partition coefficient (Wildman–Crippen LogP) is 5.80. The Hall–Kier alpha value is -1.39. The quantitative estimate of drug-likeness (QED) is 0.383. The Kier molecular flexibility index (Phi) is 4.74. The Morgan fingerprint density at radius 2 is 2.04 bits per heavy atom. The first-order chi connectivity index (χ1) is 11.0. The number of nitrogens with zero attached hydrogens (tertiary/aromatic N) is 1.